The first kappa shape index (κ1) is 22.7. The molecule has 14 heteroatoms. The topological polar surface area (TPSA) is 126 Å². The van der Waals surface area contributed by atoms with Crippen molar-refractivity contribution in [2.24, 2.45) is 5.41 Å². The number of anilines is 1. The number of imidazole rings is 1. The minimum Gasteiger partial charge on any atom is -0.380 e. The molecule has 0 bridgehead atoms. The van der Waals surface area contributed by atoms with Gasteiger partial charge in [-0.25, -0.2) is 22.2 Å². The maximum absolute atomic E-state index is 13.3. The second kappa shape index (κ2) is 7.89. The number of fused-ring (bicyclic) bond motifs is 1. The largest absolute Gasteiger partial charge is 0.380 e. The lowest BCUT2D eigenvalue weighted by molar-refractivity contribution is -0.124. The number of nitriles is 1. The fourth-order valence-corrected chi connectivity index (χ4v) is 6.69. The molecule has 0 amide bonds. The summed E-state index contributed by atoms with van der Waals surface area (Å²) < 4.78 is 62.3. The number of sulfonamides is 1. The van der Waals surface area contributed by atoms with Crippen molar-refractivity contribution in [3.63, 3.8) is 0 Å². The van der Waals surface area contributed by atoms with E-state index in [0.29, 0.717) is 48.5 Å². The number of hydrogen-bond acceptors (Lipinski definition) is 9. The standard InChI is InChI=1S/C21H21F2N7O3S2/c22-16(23)18-26-27-19(34-18)17-25-8-15-14(29-5-3-20(4-6-29)11-33-12-20)7-13(9-30(15)17)35(31,32)28-21(10-24)1-2-21/h7-9,16,28H,1-6,11-12H2. The molecular formula is C21H21F2N7O3S2. The highest BCUT2D eigenvalue weighted by Crippen LogP contribution is 2.42. The van der Waals surface area contributed by atoms with E-state index in [9.17, 15) is 22.5 Å². The number of hydrogen-bond donors (Lipinski definition) is 1. The lowest BCUT2D eigenvalue weighted by Crippen LogP contribution is -2.51. The number of ether oxygens (including phenoxy) is 1. The molecule has 0 radical (unpaired) electrons. The molecule has 6 rings (SSSR count). The van der Waals surface area contributed by atoms with Crippen molar-refractivity contribution in [3.8, 4) is 16.9 Å². The number of pyridine rings is 1. The van der Waals surface area contributed by atoms with Crippen LogP contribution in [0.25, 0.3) is 16.3 Å². The highest BCUT2D eigenvalue weighted by Gasteiger charge is 2.47. The van der Waals surface area contributed by atoms with Crippen LogP contribution in [0.4, 0.5) is 14.5 Å². The van der Waals surface area contributed by atoms with Crippen molar-refractivity contribution in [3.05, 3.63) is 23.5 Å². The molecule has 35 heavy (non-hydrogen) atoms. The molecule has 0 unspecified atom stereocenters. The van der Waals surface area contributed by atoms with Gasteiger partial charge < -0.3 is 9.64 Å². The number of halogens is 2. The van der Waals surface area contributed by atoms with Gasteiger partial charge in [0.2, 0.25) is 10.0 Å². The quantitative estimate of drug-likeness (QED) is 0.525. The maximum Gasteiger partial charge on any atom is 0.291 e. The van der Waals surface area contributed by atoms with Crippen LogP contribution in [-0.4, -0.2) is 59.8 Å². The fourth-order valence-electron chi connectivity index (χ4n) is 4.61. The molecule has 3 aromatic rings. The zero-order valence-corrected chi connectivity index (χ0v) is 20.1. The molecule has 0 aromatic carbocycles. The van der Waals surface area contributed by atoms with Crippen LogP contribution in [0.1, 0.15) is 37.1 Å². The molecular weight excluding hydrogens is 500 g/mol. The van der Waals surface area contributed by atoms with E-state index in [1.54, 1.807) is 16.7 Å². The Morgan fingerprint density at radius 2 is 1.94 bits per heavy atom. The average molecular weight is 522 g/mol. The zero-order valence-electron chi connectivity index (χ0n) is 18.4. The van der Waals surface area contributed by atoms with Crippen molar-refractivity contribution in [2.45, 2.75) is 42.5 Å². The van der Waals surface area contributed by atoms with Gasteiger partial charge in [-0.2, -0.15) is 9.98 Å². The summed E-state index contributed by atoms with van der Waals surface area (Å²) in [6, 6.07) is 3.64. The van der Waals surface area contributed by atoms with E-state index in [1.165, 1.54) is 6.20 Å². The van der Waals surface area contributed by atoms with Crippen molar-refractivity contribution >= 4 is 32.6 Å². The van der Waals surface area contributed by atoms with Crippen molar-refractivity contribution in [2.75, 3.05) is 31.2 Å². The molecule has 10 nitrogen and oxygen atoms in total. The van der Waals surface area contributed by atoms with Gasteiger partial charge in [0.25, 0.3) is 6.43 Å². The van der Waals surface area contributed by atoms with Crippen molar-refractivity contribution < 1.29 is 21.9 Å². The average Bonchev–Trinajstić information content (AvgIpc) is 3.21. The molecule has 3 fully saturated rings. The fraction of sp³-hybridized carbons (Fsp3) is 0.524. The van der Waals surface area contributed by atoms with Gasteiger partial charge >= 0.3 is 0 Å². The van der Waals surface area contributed by atoms with Crippen LogP contribution >= 0.6 is 11.3 Å². The van der Waals surface area contributed by atoms with E-state index >= 15 is 0 Å². The molecule has 2 saturated heterocycles. The molecule has 1 saturated carbocycles. The number of alkyl halides is 2. The summed E-state index contributed by atoms with van der Waals surface area (Å²) in [6.07, 6.45) is 2.96. The Morgan fingerprint density at radius 1 is 1.20 bits per heavy atom. The smallest absolute Gasteiger partial charge is 0.291 e. The van der Waals surface area contributed by atoms with Gasteiger partial charge in [-0.15, -0.1) is 10.2 Å². The molecule has 1 spiro atoms. The third kappa shape index (κ3) is 3.86. The minimum atomic E-state index is -4.04. The van der Waals surface area contributed by atoms with Gasteiger partial charge in [0.15, 0.2) is 15.8 Å². The monoisotopic (exact) mass is 521 g/mol. The highest BCUT2D eigenvalue weighted by molar-refractivity contribution is 7.89. The minimum absolute atomic E-state index is 0.0355. The Bertz CT molecular complexity index is 1450. The third-order valence-corrected chi connectivity index (χ3v) is 9.43. The first-order valence-electron chi connectivity index (χ1n) is 11.1. The van der Waals surface area contributed by atoms with Crippen LogP contribution < -0.4 is 9.62 Å². The van der Waals surface area contributed by atoms with Gasteiger partial charge in [-0.05, 0) is 31.7 Å². The van der Waals surface area contributed by atoms with Crippen LogP contribution in [0.2, 0.25) is 0 Å². The molecule has 1 aliphatic carbocycles. The van der Waals surface area contributed by atoms with E-state index in [4.69, 9.17) is 4.74 Å². The normalized spacial score (nSPS) is 20.8. The van der Waals surface area contributed by atoms with Crippen LogP contribution in [-0.2, 0) is 14.8 Å². The van der Waals surface area contributed by atoms with Crippen LogP contribution in [0.15, 0.2) is 23.4 Å². The number of nitrogens with one attached hydrogen (secondary N) is 1. The second-order valence-electron chi connectivity index (χ2n) is 9.42. The Labute approximate surface area is 203 Å². The van der Waals surface area contributed by atoms with Crippen molar-refractivity contribution in [1.82, 2.24) is 24.3 Å². The summed E-state index contributed by atoms with van der Waals surface area (Å²) in [7, 11) is -4.04. The molecule has 184 valence electrons. The predicted molar refractivity (Wildman–Crippen MR) is 122 cm³/mol. The van der Waals surface area contributed by atoms with Gasteiger partial charge in [-0.3, -0.25) is 4.40 Å². The molecule has 1 N–H and O–H groups in total. The third-order valence-electron chi connectivity index (χ3n) is 7.00. The summed E-state index contributed by atoms with van der Waals surface area (Å²) in [5, 5.41) is 16.5. The highest BCUT2D eigenvalue weighted by atomic mass is 32.2. The van der Waals surface area contributed by atoms with Crippen LogP contribution in [0.5, 0.6) is 0 Å². The SMILES string of the molecule is N#CC1(NS(=O)(=O)c2cc(N3CCC4(CC3)COC4)c3cnc(-c4nnc(C(F)F)s4)n3c2)CC1. The Morgan fingerprint density at radius 3 is 2.51 bits per heavy atom. The van der Waals surface area contributed by atoms with E-state index in [0.717, 1.165) is 26.1 Å². The van der Waals surface area contributed by atoms with E-state index < -0.39 is 27.0 Å². The zero-order chi connectivity index (χ0) is 24.4. The molecule has 2 aliphatic heterocycles. The van der Waals surface area contributed by atoms with Gasteiger partial charge in [0, 0.05) is 24.7 Å². The lowest BCUT2D eigenvalue weighted by atomic mass is 9.77. The number of piperidine rings is 1. The molecule has 3 aromatic heterocycles. The Hall–Kier alpha value is -2.73. The second-order valence-corrected chi connectivity index (χ2v) is 12.1. The van der Waals surface area contributed by atoms with E-state index in [-0.39, 0.29) is 21.1 Å². The van der Waals surface area contributed by atoms with Gasteiger partial charge in [-0.1, -0.05) is 11.3 Å². The van der Waals surface area contributed by atoms with E-state index in [1.807, 2.05) is 6.07 Å². The summed E-state index contributed by atoms with van der Waals surface area (Å²) in [6.45, 7) is 2.91. The summed E-state index contributed by atoms with van der Waals surface area (Å²) in [4.78, 5) is 6.47. The van der Waals surface area contributed by atoms with Gasteiger partial charge in [0.05, 0.1) is 36.7 Å². The summed E-state index contributed by atoms with van der Waals surface area (Å²) >= 11 is 0.711. The first-order chi connectivity index (χ1) is 16.7. The first-order valence-corrected chi connectivity index (χ1v) is 13.4. The Balaban J connectivity index is 1.45. The molecule has 5 heterocycles. The Kier molecular flexibility index (Phi) is 5.12. The van der Waals surface area contributed by atoms with E-state index in [2.05, 4.69) is 24.8 Å². The van der Waals surface area contributed by atoms with Crippen LogP contribution in [0.3, 0.4) is 0 Å². The lowest BCUT2D eigenvalue weighted by Gasteiger charge is -2.47. The number of nitrogens with zero attached hydrogens (tertiary/aromatic N) is 6. The van der Waals surface area contributed by atoms with Gasteiger partial charge in [0.1, 0.15) is 10.4 Å². The predicted octanol–water partition coefficient (Wildman–Crippen LogP) is 2.74. The molecule has 3 aliphatic rings. The maximum atomic E-state index is 13.3. The summed E-state index contributed by atoms with van der Waals surface area (Å²) in [5.41, 5.74) is 0.406. The van der Waals surface area contributed by atoms with Crippen LogP contribution in [0, 0.1) is 16.7 Å². The summed E-state index contributed by atoms with van der Waals surface area (Å²) in [5.74, 6) is 0.227. The van der Waals surface area contributed by atoms with Crippen molar-refractivity contribution in [1.29, 1.82) is 5.26 Å². The number of rotatable bonds is 6. The molecule has 0 atom stereocenters. The number of aromatic nitrogens is 4.